The molecular weight excluding hydrogens is 261 g/mol. The lowest BCUT2D eigenvalue weighted by Gasteiger charge is -2.32. The molecule has 0 amide bonds. The number of hydrogen-bond acceptors (Lipinski definition) is 4. The number of piperazine rings is 1. The van der Waals surface area contributed by atoms with Crippen LogP contribution in [-0.4, -0.2) is 50.8 Å². The molecule has 2 aliphatic rings. The second-order valence-electron chi connectivity index (χ2n) is 4.97. The molecule has 0 atom stereocenters. The molecule has 2 saturated heterocycles. The second-order valence-corrected chi connectivity index (χ2v) is 6.20. The van der Waals surface area contributed by atoms with Crippen molar-refractivity contribution in [2.75, 3.05) is 60.6 Å². The molecule has 3 nitrogen and oxygen atoms in total. The summed E-state index contributed by atoms with van der Waals surface area (Å²) in [6.07, 6.45) is 0. The topological polar surface area (TPSA) is 18.5 Å². The van der Waals surface area contributed by atoms with E-state index in [9.17, 15) is 4.39 Å². The molecule has 1 aromatic carbocycles. The molecule has 0 aromatic heterocycles. The number of nitrogens with zero attached hydrogens (tertiary/aromatic N) is 2. The summed E-state index contributed by atoms with van der Waals surface area (Å²) in [5, 5.41) is 3.29. The van der Waals surface area contributed by atoms with Crippen LogP contribution in [0.4, 0.5) is 15.8 Å². The third kappa shape index (κ3) is 2.98. The molecule has 2 aliphatic heterocycles. The summed E-state index contributed by atoms with van der Waals surface area (Å²) in [7, 11) is 0. The van der Waals surface area contributed by atoms with Crippen molar-refractivity contribution < 1.29 is 4.39 Å². The molecule has 0 aliphatic carbocycles. The monoisotopic (exact) mass is 281 g/mol. The molecule has 0 unspecified atom stereocenters. The van der Waals surface area contributed by atoms with Gasteiger partial charge in [-0.2, -0.15) is 11.8 Å². The van der Waals surface area contributed by atoms with Crippen LogP contribution in [0, 0.1) is 5.82 Å². The zero-order valence-corrected chi connectivity index (χ0v) is 11.9. The standard InChI is InChI=1S/C14H20FN3S/c15-13-11-12(17-7-9-19-10-8-17)1-2-14(13)18-5-3-16-4-6-18/h1-2,11,16H,3-10H2. The third-order valence-corrected chi connectivity index (χ3v) is 4.71. The van der Waals surface area contributed by atoms with Gasteiger partial charge < -0.3 is 15.1 Å². The van der Waals surface area contributed by atoms with Gasteiger partial charge in [-0.15, -0.1) is 0 Å². The Morgan fingerprint density at radius 3 is 2.42 bits per heavy atom. The summed E-state index contributed by atoms with van der Waals surface area (Å²) in [6, 6.07) is 5.71. The smallest absolute Gasteiger partial charge is 0.148 e. The molecule has 3 rings (SSSR count). The van der Waals surface area contributed by atoms with E-state index in [2.05, 4.69) is 21.2 Å². The summed E-state index contributed by atoms with van der Waals surface area (Å²) in [5.41, 5.74) is 1.77. The lowest BCUT2D eigenvalue weighted by molar-refractivity contribution is 0.566. The molecule has 2 fully saturated rings. The Morgan fingerprint density at radius 1 is 1.00 bits per heavy atom. The predicted molar refractivity (Wildman–Crippen MR) is 81.0 cm³/mol. The number of nitrogens with one attached hydrogen (secondary N) is 1. The fourth-order valence-corrected chi connectivity index (χ4v) is 3.58. The fraction of sp³-hybridized carbons (Fsp3) is 0.571. The Morgan fingerprint density at radius 2 is 1.74 bits per heavy atom. The first-order chi connectivity index (χ1) is 9.34. The average molecular weight is 281 g/mol. The summed E-state index contributed by atoms with van der Waals surface area (Å²) < 4.78 is 14.3. The first kappa shape index (κ1) is 13.1. The van der Waals surface area contributed by atoms with Crippen LogP contribution in [0.15, 0.2) is 18.2 Å². The Bertz CT molecular complexity index is 429. The van der Waals surface area contributed by atoms with E-state index in [1.165, 1.54) is 0 Å². The van der Waals surface area contributed by atoms with Gasteiger partial charge in [-0.05, 0) is 18.2 Å². The number of halogens is 1. The van der Waals surface area contributed by atoms with E-state index < -0.39 is 0 Å². The number of thioether (sulfide) groups is 1. The van der Waals surface area contributed by atoms with Crippen molar-refractivity contribution >= 4 is 23.1 Å². The van der Waals surface area contributed by atoms with Crippen molar-refractivity contribution in [2.24, 2.45) is 0 Å². The van der Waals surface area contributed by atoms with E-state index in [4.69, 9.17) is 0 Å². The minimum absolute atomic E-state index is 0.0855. The molecular formula is C14H20FN3S. The minimum Gasteiger partial charge on any atom is -0.370 e. The van der Waals surface area contributed by atoms with E-state index in [1.54, 1.807) is 6.07 Å². The maximum Gasteiger partial charge on any atom is 0.148 e. The molecule has 1 aromatic rings. The third-order valence-electron chi connectivity index (χ3n) is 3.77. The van der Waals surface area contributed by atoms with Crippen LogP contribution in [0.5, 0.6) is 0 Å². The normalized spacial score (nSPS) is 20.7. The summed E-state index contributed by atoms with van der Waals surface area (Å²) in [6.45, 7) is 5.69. The quantitative estimate of drug-likeness (QED) is 0.890. The lowest BCUT2D eigenvalue weighted by Crippen LogP contribution is -2.43. The highest BCUT2D eigenvalue weighted by atomic mass is 32.2. The number of rotatable bonds is 2. The highest BCUT2D eigenvalue weighted by molar-refractivity contribution is 7.99. The van der Waals surface area contributed by atoms with Gasteiger partial charge >= 0.3 is 0 Å². The fourth-order valence-electron chi connectivity index (χ4n) is 2.68. The van der Waals surface area contributed by atoms with Crippen LogP contribution in [-0.2, 0) is 0 Å². The Hall–Kier alpha value is -0.940. The minimum atomic E-state index is -0.0855. The van der Waals surface area contributed by atoms with Crippen molar-refractivity contribution in [3.05, 3.63) is 24.0 Å². The Balaban J connectivity index is 1.76. The van der Waals surface area contributed by atoms with Gasteiger partial charge in [0.2, 0.25) is 0 Å². The largest absolute Gasteiger partial charge is 0.370 e. The van der Waals surface area contributed by atoms with Gasteiger partial charge in [0.25, 0.3) is 0 Å². The zero-order valence-electron chi connectivity index (χ0n) is 11.1. The molecule has 0 saturated carbocycles. The summed E-state index contributed by atoms with van der Waals surface area (Å²) in [5.74, 6) is 2.19. The average Bonchev–Trinajstić information content (AvgIpc) is 2.49. The first-order valence-corrected chi connectivity index (χ1v) is 8.08. The predicted octanol–water partition coefficient (Wildman–Crippen LogP) is 1.79. The van der Waals surface area contributed by atoms with E-state index in [1.807, 2.05) is 17.8 Å². The number of hydrogen-bond donors (Lipinski definition) is 1. The van der Waals surface area contributed by atoms with E-state index in [-0.39, 0.29) is 5.82 Å². The van der Waals surface area contributed by atoms with E-state index >= 15 is 0 Å². The van der Waals surface area contributed by atoms with Crippen molar-refractivity contribution in [1.29, 1.82) is 0 Å². The Kier molecular flexibility index (Phi) is 4.13. The highest BCUT2D eigenvalue weighted by Crippen LogP contribution is 2.26. The van der Waals surface area contributed by atoms with Crippen LogP contribution in [0.25, 0.3) is 0 Å². The van der Waals surface area contributed by atoms with Crippen LogP contribution < -0.4 is 15.1 Å². The molecule has 0 radical (unpaired) electrons. The van der Waals surface area contributed by atoms with Gasteiger partial charge in [-0.3, -0.25) is 0 Å². The maximum absolute atomic E-state index is 14.3. The first-order valence-electron chi connectivity index (χ1n) is 6.92. The van der Waals surface area contributed by atoms with Gasteiger partial charge in [-0.1, -0.05) is 0 Å². The molecule has 19 heavy (non-hydrogen) atoms. The van der Waals surface area contributed by atoms with Crippen LogP contribution in [0.2, 0.25) is 0 Å². The van der Waals surface area contributed by atoms with Crippen LogP contribution in [0.1, 0.15) is 0 Å². The van der Waals surface area contributed by atoms with Crippen LogP contribution in [0.3, 0.4) is 0 Å². The van der Waals surface area contributed by atoms with E-state index in [0.29, 0.717) is 0 Å². The van der Waals surface area contributed by atoms with Crippen molar-refractivity contribution in [1.82, 2.24) is 5.32 Å². The van der Waals surface area contributed by atoms with Gasteiger partial charge in [0.15, 0.2) is 0 Å². The molecule has 1 N–H and O–H groups in total. The molecule has 104 valence electrons. The van der Waals surface area contributed by atoms with Crippen molar-refractivity contribution in [3.63, 3.8) is 0 Å². The number of benzene rings is 1. The lowest BCUT2D eigenvalue weighted by atomic mass is 10.2. The zero-order chi connectivity index (χ0) is 13.1. The van der Waals surface area contributed by atoms with Gasteiger partial charge in [-0.25, -0.2) is 4.39 Å². The van der Waals surface area contributed by atoms with Gasteiger partial charge in [0.1, 0.15) is 5.82 Å². The Labute approximate surface area is 118 Å². The van der Waals surface area contributed by atoms with Gasteiger partial charge in [0.05, 0.1) is 5.69 Å². The number of anilines is 2. The molecule has 0 bridgehead atoms. The van der Waals surface area contributed by atoms with Crippen molar-refractivity contribution in [3.8, 4) is 0 Å². The summed E-state index contributed by atoms with van der Waals surface area (Å²) >= 11 is 1.97. The summed E-state index contributed by atoms with van der Waals surface area (Å²) in [4.78, 5) is 4.41. The van der Waals surface area contributed by atoms with Gasteiger partial charge in [0, 0.05) is 56.5 Å². The molecule has 2 heterocycles. The van der Waals surface area contributed by atoms with Crippen molar-refractivity contribution in [2.45, 2.75) is 0 Å². The molecule has 0 spiro atoms. The second kappa shape index (κ2) is 6.01. The SMILES string of the molecule is Fc1cc(N2CCSCC2)ccc1N1CCNCC1. The molecule has 5 heteroatoms. The maximum atomic E-state index is 14.3. The van der Waals surface area contributed by atoms with E-state index in [0.717, 1.165) is 62.1 Å². The van der Waals surface area contributed by atoms with Crippen LogP contribution >= 0.6 is 11.8 Å². The highest BCUT2D eigenvalue weighted by Gasteiger charge is 2.17.